The molecule has 0 radical (unpaired) electrons. The zero-order valence-corrected chi connectivity index (χ0v) is 10.0. The lowest BCUT2D eigenvalue weighted by Gasteiger charge is -2.01. The Morgan fingerprint density at radius 3 is 2.32 bits per heavy atom. The number of nitrogens with one attached hydrogen (secondary N) is 1. The van der Waals surface area contributed by atoms with E-state index >= 15 is 0 Å². The Hall–Kier alpha value is -2.62. The van der Waals surface area contributed by atoms with E-state index in [2.05, 4.69) is 5.32 Å². The van der Waals surface area contributed by atoms with Gasteiger partial charge >= 0.3 is 0 Å². The average molecular weight is 257 g/mol. The Labute approximate surface area is 110 Å². The second-order valence-electron chi connectivity index (χ2n) is 3.92. The molecule has 4 heteroatoms. The van der Waals surface area contributed by atoms with Crippen LogP contribution >= 0.6 is 0 Å². The summed E-state index contributed by atoms with van der Waals surface area (Å²) in [5.74, 6) is -0.472. The third kappa shape index (κ3) is 3.96. The van der Waals surface area contributed by atoms with E-state index in [1.165, 1.54) is 30.3 Å². The van der Waals surface area contributed by atoms with Crippen molar-refractivity contribution in [2.75, 3.05) is 5.32 Å². The van der Waals surface area contributed by atoms with Crippen molar-refractivity contribution in [1.29, 1.82) is 0 Å². The minimum atomic E-state index is -0.314. The lowest BCUT2D eigenvalue weighted by Crippen LogP contribution is -2.07. The molecule has 0 saturated carbocycles. The molecule has 0 aliphatic rings. The van der Waals surface area contributed by atoms with Gasteiger partial charge in [-0.2, -0.15) is 0 Å². The number of rotatable bonds is 3. The molecule has 0 aromatic heterocycles. The van der Waals surface area contributed by atoms with Crippen molar-refractivity contribution in [2.24, 2.45) is 0 Å². The van der Waals surface area contributed by atoms with Crippen LogP contribution in [0.25, 0.3) is 6.08 Å². The first kappa shape index (κ1) is 12.8. The molecule has 2 rings (SSSR count). The smallest absolute Gasteiger partial charge is 0.248 e. The van der Waals surface area contributed by atoms with Crippen LogP contribution in [0.4, 0.5) is 10.1 Å². The van der Waals surface area contributed by atoms with Gasteiger partial charge in [-0.25, -0.2) is 4.39 Å². The number of phenols is 1. The Morgan fingerprint density at radius 2 is 1.68 bits per heavy atom. The van der Waals surface area contributed by atoms with Gasteiger partial charge in [-0.15, -0.1) is 0 Å². The molecule has 0 spiro atoms. The summed E-state index contributed by atoms with van der Waals surface area (Å²) >= 11 is 0. The second-order valence-corrected chi connectivity index (χ2v) is 3.92. The summed E-state index contributed by atoms with van der Waals surface area (Å²) in [4.78, 5) is 11.6. The predicted molar refractivity (Wildman–Crippen MR) is 72.2 cm³/mol. The van der Waals surface area contributed by atoms with Crippen molar-refractivity contribution < 1.29 is 14.3 Å². The second kappa shape index (κ2) is 5.82. The molecular weight excluding hydrogens is 245 g/mol. The summed E-state index contributed by atoms with van der Waals surface area (Å²) in [6, 6.07) is 12.0. The number of phenolic OH excluding ortho intramolecular Hbond substituents is 1. The highest BCUT2D eigenvalue weighted by Gasteiger charge is 1.98. The minimum Gasteiger partial charge on any atom is -0.508 e. The zero-order chi connectivity index (χ0) is 13.7. The molecule has 19 heavy (non-hydrogen) atoms. The Morgan fingerprint density at radius 1 is 1.05 bits per heavy atom. The van der Waals surface area contributed by atoms with Crippen LogP contribution in [-0.4, -0.2) is 11.0 Å². The molecule has 0 atom stereocenters. The largest absolute Gasteiger partial charge is 0.508 e. The summed E-state index contributed by atoms with van der Waals surface area (Å²) in [6.07, 6.45) is 2.95. The molecule has 0 aliphatic carbocycles. The van der Waals surface area contributed by atoms with Gasteiger partial charge in [0.1, 0.15) is 11.6 Å². The number of benzene rings is 2. The first-order valence-corrected chi connectivity index (χ1v) is 5.67. The number of aromatic hydroxyl groups is 1. The van der Waals surface area contributed by atoms with Gasteiger partial charge in [0.2, 0.25) is 5.91 Å². The number of hydrogen-bond acceptors (Lipinski definition) is 2. The van der Waals surface area contributed by atoms with E-state index in [-0.39, 0.29) is 17.5 Å². The van der Waals surface area contributed by atoms with Gasteiger partial charge in [0, 0.05) is 11.8 Å². The maximum absolute atomic E-state index is 12.7. The predicted octanol–water partition coefficient (Wildman–Crippen LogP) is 3.18. The van der Waals surface area contributed by atoms with Crippen LogP contribution in [0.1, 0.15) is 5.56 Å². The Bertz CT molecular complexity index is 589. The summed E-state index contributed by atoms with van der Waals surface area (Å²) in [6.45, 7) is 0. The fraction of sp³-hybridized carbons (Fsp3) is 0. The number of halogens is 1. The van der Waals surface area contributed by atoms with Gasteiger partial charge in [-0.05, 0) is 48.0 Å². The van der Waals surface area contributed by atoms with E-state index in [0.717, 1.165) is 5.56 Å². The Kier molecular flexibility index (Phi) is 3.93. The highest BCUT2D eigenvalue weighted by Crippen LogP contribution is 2.13. The molecule has 2 aromatic carbocycles. The van der Waals surface area contributed by atoms with Crippen molar-refractivity contribution in [3.8, 4) is 5.75 Å². The standard InChI is InChI=1S/C15H12FNO2/c16-12-4-1-11(2-5-12)3-10-15(19)17-13-6-8-14(18)9-7-13/h1-10,18H,(H,17,19). The monoisotopic (exact) mass is 257 g/mol. The van der Waals surface area contributed by atoms with Crippen molar-refractivity contribution in [2.45, 2.75) is 0 Å². The van der Waals surface area contributed by atoms with E-state index < -0.39 is 0 Å². The maximum Gasteiger partial charge on any atom is 0.248 e. The molecule has 0 bridgehead atoms. The van der Waals surface area contributed by atoms with Crippen LogP contribution in [0.2, 0.25) is 0 Å². The van der Waals surface area contributed by atoms with E-state index in [1.54, 1.807) is 30.3 Å². The third-order valence-corrected chi connectivity index (χ3v) is 2.43. The molecule has 2 aromatic rings. The molecule has 0 saturated heterocycles. The van der Waals surface area contributed by atoms with E-state index in [1.807, 2.05) is 0 Å². The number of anilines is 1. The van der Waals surface area contributed by atoms with Crippen LogP contribution in [0.15, 0.2) is 54.6 Å². The summed E-state index contributed by atoms with van der Waals surface area (Å²) in [7, 11) is 0. The van der Waals surface area contributed by atoms with Gasteiger partial charge in [-0.1, -0.05) is 12.1 Å². The number of carbonyl (C=O) groups excluding carboxylic acids is 1. The quantitative estimate of drug-likeness (QED) is 0.655. The lowest BCUT2D eigenvalue weighted by atomic mass is 10.2. The van der Waals surface area contributed by atoms with Crippen molar-refractivity contribution in [1.82, 2.24) is 0 Å². The Balaban J connectivity index is 1.97. The topological polar surface area (TPSA) is 49.3 Å². The molecule has 1 amide bonds. The van der Waals surface area contributed by atoms with Gasteiger partial charge in [-0.3, -0.25) is 4.79 Å². The summed E-state index contributed by atoms with van der Waals surface area (Å²) in [5.41, 5.74) is 1.33. The van der Waals surface area contributed by atoms with Crippen molar-refractivity contribution in [3.05, 3.63) is 66.0 Å². The highest BCUT2D eigenvalue weighted by atomic mass is 19.1. The van der Waals surface area contributed by atoms with Crippen LogP contribution in [0.3, 0.4) is 0 Å². The molecule has 0 aliphatic heterocycles. The van der Waals surface area contributed by atoms with Crippen LogP contribution in [0.5, 0.6) is 5.75 Å². The van der Waals surface area contributed by atoms with E-state index in [9.17, 15) is 9.18 Å². The fourth-order valence-corrected chi connectivity index (χ4v) is 1.47. The number of amides is 1. The van der Waals surface area contributed by atoms with Crippen LogP contribution in [0, 0.1) is 5.82 Å². The molecule has 0 fully saturated rings. The summed E-state index contributed by atoms with van der Waals surface area (Å²) < 4.78 is 12.7. The number of carbonyl (C=O) groups is 1. The highest BCUT2D eigenvalue weighted by molar-refractivity contribution is 6.01. The SMILES string of the molecule is O=C(C=Cc1ccc(F)cc1)Nc1ccc(O)cc1. The van der Waals surface area contributed by atoms with Gasteiger partial charge in [0.25, 0.3) is 0 Å². The van der Waals surface area contributed by atoms with Gasteiger partial charge in [0.05, 0.1) is 0 Å². The van der Waals surface area contributed by atoms with Crippen molar-refractivity contribution >= 4 is 17.7 Å². The van der Waals surface area contributed by atoms with E-state index in [0.29, 0.717) is 5.69 Å². The van der Waals surface area contributed by atoms with Gasteiger partial charge < -0.3 is 10.4 Å². The molecule has 0 heterocycles. The van der Waals surface area contributed by atoms with Gasteiger partial charge in [0.15, 0.2) is 0 Å². The summed E-state index contributed by atoms with van der Waals surface area (Å²) in [5, 5.41) is 11.7. The first-order chi connectivity index (χ1) is 9.13. The molecule has 0 unspecified atom stereocenters. The molecule has 96 valence electrons. The molecule has 3 nitrogen and oxygen atoms in total. The maximum atomic E-state index is 12.7. The average Bonchev–Trinajstić information content (AvgIpc) is 2.41. The lowest BCUT2D eigenvalue weighted by molar-refractivity contribution is -0.111. The van der Waals surface area contributed by atoms with Crippen LogP contribution < -0.4 is 5.32 Å². The fourth-order valence-electron chi connectivity index (χ4n) is 1.47. The normalized spacial score (nSPS) is 10.6. The van der Waals surface area contributed by atoms with Crippen LogP contribution in [-0.2, 0) is 4.79 Å². The number of hydrogen-bond donors (Lipinski definition) is 2. The molecule has 2 N–H and O–H groups in total. The zero-order valence-electron chi connectivity index (χ0n) is 10.0. The van der Waals surface area contributed by atoms with E-state index in [4.69, 9.17) is 5.11 Å². The first-order valence-electron chi connectivity index (χ1n) is 5.67. The molecular formula is C15H12FNO2. The third-order valence-electron chi connectivity index (χ3n) is 2.43. The van der Waals surface area contributed by atoms with Crippen molar-refractivity contribution in [3.63, 3.8) is 0 Å². The minimum absolute atomic E-state index is 0.139.